The molecule has 5 nitrogen and oxygen atoms in total. The van der Waals surface area contributed by atoms with Gasteiger partial charge < -0.3 is 19.3 Å². The fourth-order valence-corrected chi connectivity index (χ4v) is 4.12. The number of benzene rings is 3. The summed E-state index contributed by atoms with van der Waals surface area (Å²) >= 11 is 0. The first-order valence-corrected chi connectivity index (χ1v) is 12.7. The second-order valence-electron chi connectivity index (χ2n) is 9.19. The molecule has 0 radical (unpaired) electrons. The third kappa shape index (κ3) is 9.19. The molecule has 0 aromatic heterocycles. The van der Waals surface area contributed by atoms with Gasteiger partial charge >= 0.3 is 12.1 Å². The topological polar surface area (TPSA) is 65.0 Å². The monoisotopic (exact) mass is 548 g/mol. The second kappa shape index (κ2) is 13.9. The number of aliphatic carboxylic acids is 1. The number of rotatable bonds is 14. The quantitative estimate of drug-likeness (QED) is 0.163. The van der Waals surface area contributed by atoms with Crippen LogP contribution in [0.3, 0.4) is 0 Å². The van der Waals surface area contributed by atoms with E-state index in [1.165, 1.54) is 19.2 Å². The third-order valence-electron chi connectivity index (χ3n) is 6.20. The number of carbonyl (C=O) groups is 1. The summed E-state index contributed by atoms with van der Waals surface area (Å²) in [5.41, 5.74) is 2.10. The van der Waals surface area contributed by atoms with Crippen LogP contribution in [0.25, 0.3) is 11.1 Å². The normalized spacial score (nSPS) is 12.2. The van der Waals surface area contributed by atoms with Crippen molar-refractivity contribution in [2.45, 2.75) is 57.7 Å². The summed E-state index contributed by atoms with van der Waals surface area (Å²) in [4.78, 5) is 11.3. The van der Waals surface area contributed by atoms with Gasteiger partial charge in [0.25, 0.3) is 0 Å². The molecule has 0 bridgehead atoms. The molecule has 210 valence electrons. The molecule has 0 aliphatic heterocycles. The van der Waals surface area contributed by atoms with Crippen molar-refractivity contribution in [1.29, 1.82) is 0 Å². The maximum atomic E-state index is 14.7. The molecule has 0 unspecified atom stereocenters. The van der Waals surface area contributed by atoms with Crippen molar-refractivity contribution in [3.63, 3.8) is 0 Å². The first kappa shape index (κ1) is 29.8. The predicted molar refractivity (Wildman–Crippen MR) is 140 cm³/mol. The molecule has 1 atom stereocenters. The number of alkyl halides is 3. The Morgan fingerprint density at radius 3 is 2.46 bits per heavy atom. The maximum Gasteiger partial charge on any atom is 0.389 e. The number of carboxylic acid groups (broad SMARTS) is 1. The van der Waals surface area contributed by atoms with Crippen LogP contribution in [0.15, 0.2) is 60.7 Å². The first-order valence-electron chi connectivity index (χ1n) is 12.7. The van der Waals surface area contributed by atoms with Crippen molar-refractivity contribution < 1.29 is 41.7 Å². The average molecular weight is 549 g/mol. The summed E-state index contributed by atoms with van der Waals surface area (Å²) in [6.07, 6.45) is -4.45. The zero-order chi connectivity index (χ0) is 28.4. The number of halogens is 4. The van der Waals surface area contributed by atoms with E-state index in [9.17, 15) is 27.5 Å². The largest absolute Gasteiger partial charge is 0.497 e. The molecule has 0 aliphatic rings. The maximum absolute atomic E-state index is 14.7. The van der Waals surface area contributed by atoms with E-state index < -0.39 is 36.7 Å². The molecular formula is C30H32F4O5. The minimum atomic E-state index is -4.37. The highest BCUT2D eigenvalue weighted by Gasteiger charge is 2.29. The molecule has 9 heteroatoms. The van der Waals surface area contributed by atoms with Gasteiger partial charge in [0, 0.05) is 17.5 Å². The zero-order valence-electron chi connectivity index (χ0n) is 21.9. The highest BCUT2D eigenvalue weighted by atomic mass is 19.4. The van der Waals surface area contributed by atoms with Crippen LogP contribution in [-0.4, -0.2) is 31.0 Å². The van der Waals surface area contributed by atoms with Gasteiger partial charge in [-0.15, -0.1) is 0 Å². The minimum absolute atomic E-state index is 0.112. The van der Waals surface area contributed by atoms with E-state index in [0.29, 0.717) is 40.5 Å². The van der Waals surface area contributed by atoms with Gasteiger partial charge in [0.2, 0.25) is 0 Å². The standard InChI is InChI=1S/C30H32F4O5/c1-3-4-14-38-28-15-20(8-10-25(28)26-18-23(37-2)9-11-27(26)31)19-39-24-7-5-6-21(16-24)22(17-29(35)36)12-13-30(32,33)34/h5-11,15-16,18,22H,3-4,12-14,17,19H2,1-2H3,(H,35,36)/t22-/m0/s1. The molecular weight excluding hydrogens is 516 g/mol. The van der Waals surface area contributed by atoms with Crippen LogP contribution in [0.4, 0.5) is 17.6 Å². The Morgan fingerprint density at radius 1 is 0.974 bits per heavy atom. The summed E-state index contributed by atoms with van der Waals surface area (Å²) in [7, 11) is 1.51. The molecule has 39 heavy (non-hydrogen) atoms. The van der Waals surface area contributed by atoms with Crippen LogP contribution in [0.2, 0.25) is 0 Å². The zero-order valence-corrected chi connectivity index (χ0v) is 21.9. The van der Waals surface area contributed by atoms with Gasteiger partial charge in [-0.25, -0.2) is 4.39 Å². The van der Waals surface area contributed by atoms with E-state index in [1.54, 1.807) is 48.5 Å². The number of hydrogen-bond donors (Lipinski definition) is 1. The molecule has 0 spiro atoms. The Bertz CT molecular complexity index is 1240. The molecule has 0 fully saturated rings. The van der Waals surface area contributed by atoms with E-state index in [4.69, 9.17) is 14.2 Å². The number of unbranched alkanes of at least 4 members (excludes halogenated alkanes) is 1. The minimum Gasteiger partial charge on any atom is -0.497 e. The summed E-state index contributed by atoms with van der Waals surface area (Å²) < 4.78 is 70.2. The van der Waals surface area contributed by atoms with Crippen molar-refractivity contribution >= 4 is 5.97 Å². The van der Waals surface area contributed by atoms with Crippen molar-refractivity contribution in [3.05, 3.63) is 77.6 Å². The Morgan fingerprint density at radius 2 is 1.77 bits per heavy atom. The smallest absolute Gasteiger partial charge is 0.389 e. The molecule has 0 aliphatic carbocycles. The number of methoxy groups -OCH3 is 1. The lowest BCUT2D eigenvalue weighted by molar-refractivity contribution is -0.142. The van der Waals surface area contributed by atoms with Crippen molar-refractivity contribution in [1.82, 2.24) is 0 Å². The molecule has 0 saturated heterocycles. The van der Waals surface area contributed by atoms with Crippen LogP contribution in [0, 0.1) is 5.82 Å². The number of hydrogen-bond acceptors (Lipinski definition) is 4. The van der Waals surface area contributed by atoms with Gasteiger partial charge in [0.15, 0.2) is 0 Å². The van der Waals surface area contributed by atoms with Gasteiger partial charge in [0.05, 0.1) is 20.1 Å². The lowest BCUT2D eigenvalue weighted by Gasteiger charge is -2.18. The van der Waals surface area contributed by atoms with E-state index in [1.807, 2.05) is 6.92 Å². The summed E-state index contributed by atoms with van der Waals surface area (Å²) in [6.45, 7) is 2.60. The summed E-state index contributed by atoms with van der Waals surface area (Å²) in [5, 5.41) is 9.20. The SMILES string of the molecule is CCCCOc1cc(COc2cccc([C@@H](CCC(F)(F)F)CC(=O)O)c2)ccc1-c1cc(OC)ccc1F. The predicted octanol–water partition coefficient (Wildman–Crippen LogP) is 8.16. The van der Waals surface area contributed by atoms with Gasteiger partial charge in [-0.05, 0) is 66.3 Å². The fraction of sp³-hybridized carbons (Fsp3) is 0.367. The molecule has 3 aromatic carbocycles. The van der Waals surface area contributed by atoms with Crippen LogP contribution in [-0.2, 0) is 11.4 Å². The van der Waals surface area contributed by atoms with Crippen molar-refractivity contribution in [3.8, 4) is 28.4 Å². The summed E-state index contributed by atoms with van der Waals surface area (Å²) in [6, 6.07) is 16.2. The van der Waals surface area contributed by atoms with Crippen LogP contribution >= 0.6 is 0 Å². The first-order chi connectivity index (χ1) is 18.6. The molecule has 1 N–H and O–H groups in total. The van der Waals surface area contributed by atoms with Gasteiger partial charge in [0.1, 0.15) is 29.7 Å². The molecule has 0 saturated carbocycles. The Balaban J connectivity index is 1.81. The lowest BCUT2D eigenvalue weighted by Crippen LogP contribution is -2.13. The van der Waals surface area contributed by atoms with Gasteiger partial charge in [-0.3, -0.25) is 4.79 Å². The van der Waals surface area contributed by atoms with Crippen LogP contribution in [0.1, 0.15) is 56.1 Å². The van der Waals surface area contributed by atoms with E-state index in [0.717, 1.165) is 18.4 Å². The average Bonchev–Trinajstić information content (AvgIpc) is 2.90. The number of ether oxygens (including phenoxy) is 3. The Hall–Kier alpha value is -3.75. The van der Waals surface area contributed by atoms with E-state index in [2.05, 4.69) is 0 Å². The summed E-state index contributed by atoms with van der Waals surface area (Å²) in [5.74, 6) is -1.00. The Labute approximate surface area is 225 Å². The van der Waals surface area contributed by atoms with E-state index in [-0.39, 0.29) is 13.0 Å². The second-order valence-corrected chi connectivity index (χ2v) is 9.19. The van der Waals surface area contributed by atoms with Crippen LogP contribution in [0.5, 0.6) is 17.2 Å². The highest BCUT2D eigenvalue weighted by Crippen LogP contribution is 2.36. The number of carboxylic acids is 1. The van der Waals surface area contributed by atoms with Crippen molar-refractivity contribution in [2.75, 3.05) is 13.7 Å². The molecule has 0 amide bonds. The Kier molecular flexibility index (Phi) is 10.6. The lowest BCUT2D eigenvalue weighted by atomic mass is 9.91. The molecule has 3 rings (SSSR count). The fourth-order valence-electron chi connectivity index (χ4n) is 4.12. The van der Waals surface area contributed by atoms with E-state index >= 15 is 0 Å². The van der Waals surface area contributed by atoms with Crippen molar-refractivity contribution in [2.24, 2.45) is 0 Å². The highest BCUT2D eigenvalue weighted by molar-refractivity contribution is 5.72. The molecule has 3 aromatic rings. The van der Waals surface area contributed by atoms with Gasteiger partial charge in [-0.1, -0.05) is 37.6 Å². The molecule has 0 heterocycles. The van der Waals surface area contributed by atoms with Gasteiger partial charge in [-0.2, -0.15) is 13.2 Å². The third-order valence-corrected chi connectivity index (χ3v) is 6.20. The van der Waals surface area contributed by atoms with Crippen LogP contribution < -0.4 is 14.2 Å².